The highest BCUT2D eigenvalue weighted by molar-refractivity contribution is 7.53. The van der Waals surface area contributed by atoms with E-state index >= 15 is 0 Å². The van der Waals surface area contributed by atoms with Gasteiger partial charge in [-0.2, -0.15) is 0 Å². The number of hydrogen-bond donors (Lipinski definition) is 2. The fourth-order valence-corrected chi connectivity index (χ4v) is 2.68. The Labute approximate surface area is 140 Å². The molecule has 0 aliphatic rings. The van der Waals surface area contributed by atoms with Crippen LogP contribution in [-0.4, -0.2) is 49.4 Å². The van der Waals surface area contributed by atoms with E-state index in [0.29, 0.717) is 11.2 Å². The number of imidazole rings is 1. The molecule has 2 atom stereocenters. The summed E-state index contributed by atoms with van der Waals surface area (Å²) in [5.74, 6) is 0.276. The highest BCUT2D eigenvalue weighted by Gasteiger charge is 2.27. The third-order valence-electron chi connectivity index (χ3n) is 3.51. The van der Waals surface area contributed by atoms with Gasteiger partial charge in [-0.15, -0.1) is 0 Å². The van der Waals surface area contributed by atoms with Crippen molar-refractivity contribution in [3.63, 3.8) is 0 Å². The second-order valence-electron chi connectivity index (χ2n) is 6.07. The molecule has 0 aromatic carbocycles. The zero-order chi connectivity index (χ0) is 17.9. The summed E-state index contributed by atoms with van der Waals surface area (Å²) in [6.07, 6.45) is 2.92. The predicted molar refractivity (Wildman–Crippen MR) is 90.8 cm³/mol. The van der Waals surface area contributed by atoms with Crippen molar-refractivity contribution in [3.05, 3.63) is 12.7 Å². The fraction of sp³-hybridized carbons (Fsp3) is 0.643. The molecular formula is C14H24N5O4P. The summed E-state index contributed by atoms with van der Waals surface area (Å²) >= 11 is 0. The first kappa shape index (κ1) is 18.8. The maximum absolute atomic E-state index is 12.1. The van der Waals surface area contributed by atoms with Gasteiger partial charge in [0.15, 0.2) is 11.5 Å². The second kappa shape index (κ2) is 7.57. The van der Waals surface area contributed by atoms with Crippen LogP contribution < -0.4 is 5.73 Å². The minimum atomic E-state index is -3.68. The maximum atomic E-state index is 12.1. The van der Waals surface area contributed by atoms with Crippen molar-refractivity contribution < 1.29 is 18.7 Å². The molecule has 134 valence electrons. The monoisotopic (exact) mass is 357 g/mol. The predicted octanol–water partition coefficient (Wildman–Crippen LogP) is 1.98. The van der Waals surface area contributed by atoms with E-state index in [-0.39, 0.29) is 31.2 Å². The van der Waals surface area contributed by atoms with Crippen molar-refractivity contribution in [2.24, 2.45) is 0 Å². The highest BCUT2D eigenvalue weighted by Crippen LogP contribution is 2.47. The molecule has 0 radical (unpaired) electrons. The van der Waals surface area contributed by atoms with Gasteiger partial charge in [0.1, 0.15) is 11.8 Å². The van der Waals surface area contributed by atoms with Gasteiger partial charge in [-0.25, -0.2) is 15.0 Å². The Bertz CT molecular complexity index is 733. The van der Waals surface area contributed by atoms with Crippen molar-refractivity contribution in [2.75, 3.05) is 18.9 Å². The van der Waals surface area contributed by atoms with Gasteiger partial charge in [0.05, 0.1) is 37.3 Å². The van der Waals surface area contributed by atoms with Crippen LogP contribution in [-0.2, 0) is 13.8 Å². The van der Waals surface area contributed by atoms with Gasteiger partial charge in [0, 0.05) is 0 Å². The van der Waals surface area contributed by atoms with E-state index in [4.69, 9.17) is 15.0 Å². The van der Waals surface area contributed by atoms with Crippen LogP contribution in [0.25, 0.3) is 11.2 Å². The molecule has 0 saturated carbocycles. The topological polar surface area (TPSA) is 125 Å². The second-order valence-corrected chi connectivity index (χ2v) is 8.49. The summed E-state index contributed by atoms with van der Waals surface area (Å²) in [5, 5.41) is 0. The van der Waals surface area contributed by atoms with Crippen LogP contribution in [0.3, 0.4) is 0 Å². The Morgan fingerprint density at radius 2 is 1.96 bits per heavy atom. The van der Waals surface area contributed by atoms with Crippen LogP contribution in [0, 0.1) is 0 Å². The number of rotatable bonds is 8. The summed E-state index contributed by atoms with van der Waals surface area (Å²) in [6.45, 7) is 7.38. The SMILES string of the molecule is CC(C)OC[C@@H](COP(=O)(O)C(C)C)n1cnc2c(N)ncnc21. The summed E-state index contributed by atoms with van der Waals surface area (Å²) in [7, 11) is -3.68. The highest BCUT2D eigenvalue weighted by atomic mass is 31.2. The van der Waals surface area contributed by atoms with Crippen molar-refractivity contribution in [1.82, 2.24) is 19.5 Å². The van der Waals surface area contributed by atoms with Crippen LogP contribution in [0.2, 0.25) is 0 Å². The number of nitrogens with two attached hydrogens (primary N) is 1. The van der Waals surface area contributed by atoms with Crippen LogP contribution in [0.15, 0.2) is 12.7 Å². The zero-order valence-electron chi connectivity index (χ0n) is 14.3. The Kier molecular flexibility index (Phi) is 5.92. The standard InChI is InChI=1S/C14H24N5O4P/c1-9(2)22-5-11(6-23-24(20,21)10(3)4)19-8-18-12-13(15)16-7-17-14(12)19/h7-11H,5-6H2,1-4H3,(H,20,21)(H2,15,16,17)/t11-/m0/s1. The summed E-state index contributed by atoms with van der Waals surface area (Å²) < 4.78 is 24.8. The Hall–Kier alpha value is -1.54. The van der Waals surface area contributed by atoms with Gasteiger partial charge in [-0.3, -0.25) is 4.57 Å². The number of hydrogen-bond acceptors (Lipinski definition) is 7. The molecule has 0 amide bonds. The van der Waals surface area contributed by atoms with E-state index in [1.165, 1.54) is 6.33 Å². The number of anilines is 1. The molecule has 0 spiro atoms. The van der Waals surface area contributed by atoms with Crippen molar-refractivity contribution in [3.8, 4) is 0 Å². The fourth-order valence-electron chi connectivity index (χ4n) is 1.99. The van der Waals surface area contributed by atoms with E-state index in [2.05, 4.69) is 15.0 Å². The molecule has 9 nitrogen and oxygen atoms in total. The first-order valence-corrected chi connectivity index (χ1v) is 9.38. The first-order valence-electron chi connectivity index (χ1n) is 7.74. The largest absolute Gasteiger partial charge is 0.382 e. The lowest BCUT2D eigenvalue weighted by Gasteiger charge is -2.23. The molecular weight excluding hydrogens is 333 g/mol. The molecule has 0 fully saturated rings. The van der Waals surface area contributed by atoms with E-state index in [1.54, 1.807) is 24.7 Å². The van der Waals surface area contributed by atoms with E-state index in [0.717, 1.165) is 0 Å². The van der Waals surface area contributed by atoms with Crippen LogP contribution in [0.1, 0.15) is 33.7 Å². The number of ether oxygens (including phenoxy) is 1. The molecule has 10 heteroatoms. The van der Waals surface area contributed by atoms with E-state index < -0.39 is 13.3 Å². The van der Waals surface area contributed by atoms with Gasteiger partial charge in [-0.1, -0.05) is 13.8 Å². The maximum Gasteiger partial charge on any atom is 0.330 e. The van der Waals surface area contributed by atoms with Crippen LogP contribution >= 0.6 is 7.60 Å². The molecule has 24 heavy (non-hydrogen) atoms. The molecule has 0 bridgehead atoms. The van der Waals surface area contributed by atoms with Gasteiger partial charge in [0.25, 0.3) is 0 Å². The lowest BCUT2D eigenvalue weighted by Crippen LogP contribution is -2.23. The quantitative estimate of drug-likeness (QED) is 0.687. The minimum Gasteiger partial charge on any atom is -0.382 e. The summed E-state index contributed by atoms with van der Waals surface area (Å²) in [5.41, 5.74) is 6.32. The van der Waals surface area contributed by atoms with Crippen molar-refractivity contribution >= 4 is 24.6 Å². The zero-order valence-corrected chi connectivity index (χ0v) is 15.2. The van der Waals surface area contributed by atoms with Crippen LogP contribution in [0.5, 0.6) is 0 Å². The number of fused-ring (bicyclic) bond motifs is 1. The molecule has 2 aromatic rings. The first-order chi connectivity index (χ1) is 11.2. The Balaban J connectivity index is 2.28. The molecule has 0 aliphatic heterocycles. The van der Waals surface area contributed by atoms with Crippen LogP contribution in [0.4, 0.5) is 5.82 Å². The molecule has 0 saturated heterocycles. The number of nitrogens with zero attached hydrogens (tertiary/aromatic N) is 4. The molecule has 0 aliphatic carbocycles. The molecule has 1 unspecified atom stereocenters. The molecule has 2 rings (SSSR count). The summed E-state index contributed by atoms with van der Waals surface area (Å²) in [4.78, 5) is 22.2. The summed E-state index contributed by atoms with van der Waals surface area (Å²) in [6, 6.07) is -0.370. The van der Waals surface area contributed by atoms with Gasteiger partial charge in [0.2, 0.25) is 0 Å². The number of nitrogen functional groups attached to an aromatic ring is 1. The lowest BCUT2D eigenvalue weighted by molar-refractivity contribution is 0.0404. The smallest absolute Gasteiger partial charge is 0.330 e. The van der Waals surface area contributed by atoms with Crippen molar-refractivity contribution in [1.29, 1.82) is 0 Å². The number of aromatic nitrogens is 4. The van der Waals surface area contributed by atoms with E-state index in [9.17, 15) is 9.46 Å². The Morgan fingerprint density at radius 3 is 2.58 bits per heavy atom. The molecule has 3 N–H and O–H groups in total. The third-order valence-corrected chi connectivity index (χ3v) is 5.33. The van der Waals surface area contributed by atoms with Crippen molar-refractivity contribution in [2.45, 2.75) is 45.5 Å². The molecule has 2 aromatic heterocycles. The van der Waals surface area contributed by atoms with Gasteiger partial charge < -0.3 is 24.5 Å². The minimum absolute atomic E-state index is 0.00591. The lowest BCUT2D eigenvalue weighted by atomic mass is 10.3. The average Bonchev–Trinajstić information content (AvgIpc) is 2.92. The Morgan fingerprint density at radius 1 is 1.25 bits per heavy atom. The average molecular weight is 357 g/mol. The normalized spacial score (nSPS) is 16.0. The molecule has 2 heterocycles. The van der Waals surface area contributed by atoms with Gasteiger partial charge in [-0.05, 0) is 13.8 Å². The van der Waals surface area contributed by atoms with Gasteiger partial charge >= 0.3 is 7.60 Å². The van der Waals surface area contributed by atoms with E-state index in [1.807, 2.05) is 13.8 Å². The third kappa shape index (κ3) is 4.30.